The van der Waals surface area contributed by atoms with Gasteiger partial charge in [-0.3, -0.25) is 9.59 Å². The Bertz CT molecular complexity index is 946. The molecule has 0 bridgehead atoms. The van der Waals surface area contributed by atoms with Crippen molar-refractivity contribution in [2.45, 2.75) is 11.3 Å². The van der Waals surface area contributed by atoms with Crippen molar-refractivity contribution in [3.63, 3.8) is 0 Å². The van der Waals surface area contributed by atoms with Gasteiger partial charge >= 0.3 is 5.97 Å². The number of benzene rings is 2. The summed E-state index contributed by atoms with van der Waals surface area (Å²) in [6, 6.07) is 10.1. The molecule has 0 aromatic heterocycles. The van der Waals surface area contributed by atoms with E-state index < -0.39 is 40.5 Å². The number of hydrogen-bond donors (Lipinski definition) is 1. The van der Waals surface area contributed by atoms with E-state index in [1.807, 2.05) is 0 Å². The molecule has 2 aromatic rings. The fourth-order valence-corrected chi connectivity index (χ4v) is 3.66. The molecule has 0 unspecified atom stereocenters. The molecule has 0 spiro atoms. The normalized spacial score (nSPS) is 11.1. The van der Waals surface area contributed by atoms with Crippen molar-refractivity contribution in [1.82, 2.24) is 0 Å². The van der Waals surface area contributed by atoms with Crippen molar-refractivity contribution in [3.8, 4) is 0 Å². The van der Waals surface area contributed by atoms with Gasteiger partial charge in [0, 0.05) is 10.0 Å². The molecule has 0 saturated heterocycles. The minimum Gasteiger partial charge on any atom is -0.456 e. The maximum absolute atomic E-state index is 12.1. The third-order valence-corrected chi connectivity index (χ3v) is 5.86. The molecule has 0 aliphatic heterocycles. The van der Waals surface area contributed by atoms with Crippen LogP contribution >= 0.6 is 34.8 Å². The molecule has 0 heterocycles. The van der Waals surface area contributed by atoms with Crippen LogP contribution in [-0.4, -0.2) is 32.7 Å². The molecule has 0 saturated carbocycles. The molecule has 2 aromatic carbocycles. The van der Waals surface area contributed by atoms with Crippen LogP contribution in [0.1, 0.15) is 6.42 Å². The Labute approximate surface area is 171 Å². The van der Waals surface area contributed by atoms with E-state index in [9.17, 15) is 18.0 Å². The molecule has 1 N–H and O–H groups in total. The lowest BCUT2D eigenvalue weighted by Gasteiger charge is -2.09. The summed E-state index contributed by atoms with van der Waals surface area (Å²) in [5.41, 5.74) is 0.274. The number of anilines is 1. The maximum Gasteiger partial charge on any atom is 0.307 e. The first-order chi connectivity index (χ1) is 12.7. The number of carbonyl (C=O) groups is 2. The molecule has 0 aliphatic carbocycles. The third kappa shape index (κ3) is 6.70. The van der Waals surface area contributed by atoms with Crippen molar-refractivity contribution < 1.29 is 22.7 Å². The second kappa shape index (κ2) is 9.41. The van der Waals surface area contributed by atoms with Crippen LogP contribution in [0.4, 0.5) is 5.69 Å². The maximum atomic E-state index is 12.1. The van der Waals surface area contributed by atoms with Crippen LogP contribution in [0.2, 0.25) is 15.1 Å². The van der Waals surface area contributed by atoms with Crippen molar-refractivity contribution in [3.05, 3.63) is 57.5 Å². The van der Waals surface area contributed by atoms with Crippen molar-refractivity contribution >= 4 is 62.2 Å². The first-order valence-corrected chi connectivity index (χ1v) is 10.3. The van der Waals surface area contributed by atoms with Crippen LogP contribution in [0.15, 0.2) is 47.4 Å². The van der Waals surface area contributed by atoms with E-state index in [1.54, 1.807) is 6.07 Å². The van der Waals surface area contributed by atoms with Gasteiger partial charge in [-0.15, -0.1) is 0 Å². The highest BCUT2D eigenvalue weighted by molar-refractivity contribution is 7.91. The van der Waals surface area contributed by atoms with Gasteiger partial charge in [0.2, 0.25) is 0 Å². The number of ether oxygens (including phenoxy) is 1. The molecule has 2 rings (SSSR count). The van der Waals surface area contributed by atoms with E-state index in [0.717, 1.165) is 0 Å². The number of amides is 1. The van der Waals surface area contributed by atoms with E-state index >= 15 is 0 Å². The zero-order valence-corrected chi connectivity index (χ0v) is 16.8. The summed E-state index contributed by atoms with van der Waals surface area (Å²) in [4.78, 5) is 23.6. The molecule has 27 heavy (non-hydrogen) atoms. The Morgan fingerprint density at radius 1 is 0.963 bits per heavy atom. The largest absolute Gasteiger partial charge is 0.456 e. The van der Waals surface area contributed by atoms with Crippen LogP contribution < -0.4 is 5.32 Å². The van der Waals surface area contributed by atoms with Gasteiger partial charge in [0.1, 0.15) is 0 Å². The number of sulfone groups is 1. The van der Waals surface area contributed by atoms with E-state index in [4.69, 9.17) is 39.5 Å². The van der Waals surface area contributed by atoms with Crippen LogP contribution in [0, 0.1) is 0 Å². The van der Waals surface area contributed by atoms with Crippen LogP contribution in [0.25, 0.3) is 0 Å². The SMILES string of the molecule is O=C(COC(=O)CCS(=O)(=O)c1ccc(Cl)cc1)Nc1cc(Cl)ccc1Cl. The van der Waals surface area contributed by atoms with Crippen LogP contribution in [-0.2, 0) is 24.2 Å². The summed E-state index contributed by atoms with van der Waals surface area (Å²) in [6.07, 6.45) is -0.393. The van der Waals surface area contributed by atoms with E-state index in [0.29, 0.717) is 10.0 Å². The topological polar surface area (TPSA) is 89.5 Å². The molecule has 1 amide bonds. The Hall–Kier alpha value is -1.80. The zero-order chi connectivity index (χ0) is 20.0. The second-order valence-electron chi connectivity index (χ2n) is 5.36. The highest BCUT2D eigenvalue weighted by Gasteiger charge is 2.18. The molecule has 144 valence electrons. The number of esters is 1. The molecular formula is C17H14Cl3NO5S. The van der Waals surface area contributed by atoms with Gasteiger partial charge in [-0.1, -0.05) is 34.8 Å². The smallest absolute Gasteiger partial charge is 0.307 e. The van der Waals surface area contributed by atoms with Crippen LogP contribution in [0.5, 0.6) is 0 Å². The molecular weight excluding hydrogens is 437 g/mol. The number of hydrogen-bond acceptors (Lipinski definition) is 5. The molecule has 6 nitrogen and oxygen atoms in total. The standard InChI is InChI=1S/C17H14Cl3NO5S/c18-11-1-4-13(5-2-11)27(24,25)8-7-17(23)26-10-16(22)21-15-9-12(19)3-6-14(15)20/h1-6,9H,7-8,10H2,(H,21,22). The van der Waals surface area contributed by atoms with Gasteiger partial charge in [0.15, 0.2) is 16.4 Å². The first-order valence-electron chi connectivity index (χ1n) is 7.56. The first kappa shape index (κ1) is 21.5. The monoisotopic (exact) mass is 449 g/mol. The highest BCUT2D eigenvalue weighted by Crippen LogP contribution is 2.25. The summed E-state index contributed by atoms with van der Waals surface area (Å²) >= 11 is 17.4. The van der Waals surface area contributed by atoms with E-state index in [-0.39, 0.29) is 15.6 Å². The van der Waals surface area contributed by atoms with Gasteiger partial charge in [0.25, 0.3) is 5.91 Å². The highest BCUT2D eigenvalue weighted by atomic mass is 35.5. The number of nitrogens with one attached hydrogen (secondary N) is 1. The summed E-state index contributed by atoms with van der Waals surface area (Å²) < 4.78 is 29.1. The molecule has 0 aliphatic rings. The van der Waals surface area contributed by atoms with Crippen molar-refractivity contribution in [1.29, 1.82) is 0 Å². The fraction of sp³-hybridized carbons (Fsp3) is 0.176. The number of halogens is 3. The Morgan fingerprint density at radius 3 is 2.26 bits per heavy atom. The van der Waals surface area contributed by atoms with Crippen molar-refractivity contribution in [2.75, 3.05) is 17.7 Å². The van der Waals surface area contributed by atoms with Gasteiger partial charge in [0.05, 0.1) is 27.8 Å². The minimum atomic E-state index is -3.66. The van der Waals surface area contributed by atoms with E-state index in [1.165, 1.54) is 36.4 Å². The van der Waals surface area contributed by atoms with Crippen LogP contribution in [0.3, 0.4) is 0 Å². The minimum absolute atomic E-state index is 0.0491. The zero-order valence-electron chi connectivity index (χ0n) is 13.7. The Balaban J connectivity index is 1.82. The quantitative estimate of drug-likeness (QED) is 0.644. The lowest BCUT2D eigenvalue weighted by atomic mass is 10.3. The van der Waals surface area contributed by atoms with Gasteiger partial charge in [-0.25, -0.2) is 8.42 Å². The lowest BCUT2D eigenvalue weighted by Crippen LogP contribution is -2.22. The van der Waals surface area contributed by atoms with Gasteiger partial charge < -0.3 is 10.1 Å². The molecule has 10 heteroatoms. The fourth-order valence-electron chi connectivity index (χ4n) is 1.98. The summed E-state index contributed by atoms with van der Waals surface area (Å²) in [7, 11) is -3.66. The third-order valence-electron chi connectivity index (χ3n) is 3.31. The summed E-state index contributed by atoms with van der Waals surface area (Å²) in [6.45, 7) is -0.581. The molecule has 0 radical (unpaired) electrons. The Kier molecular flexibility index (Phi) is 7.49. The van der Waals surface area contributed by atoms with Gasteiger partial charge in [-0.05, 0) is 42.5 Å². The van der Waals surface area contributed by atoms with E-state index in [2.05, 4.69) is 5.32 Å². The predicted molar refractivity (Wildman–Crippen MR) is 104 cm³/mol. The van der Waals surface area contributed by atoms with Gasteiger partial charge in [-0.2, -0.15) is 0 Å². The predicted octanol–water partition coefficient (Wildman–Crippen LogP) is 3.99. The molecule has 0 fully saturated rings. The summed E-state index contributed by atoms with van der Waals surface area (Å²) in [5.74, 6) is -1.90. The number of rotatable bonds is 7. The lowest BCUT2D eigenvalue weighted by molar-refractivity contribution is -0.146. The number of carbonyl (C=O) groups excluding carboxylic acids is 2. The molecule has 0 atom stereocenters. The summed E-state index contributed by atoms with van der Waals surface area (Å²) in [5, 5.41) is 3.49. The average Bonchev–Trinajstić information content (AvgIpc) is 2.62. The second-order valence-corrected chi connectivity index (χ2v) is 8.75. The average molecular weight is 451 g/mol. The van der Waals surface area contributed by atoms with Crippen molar-refractivity contribution in [2.24, 2.45) is 0 Å². The Morgan fingerprint density at radius 2 is 1.59 bits per heavy atom.